The minimum atomic E-state index is -0.530. The predicted octanol–water partition coefficient (Wildman–Crippen LogP) is 1.47. The first-order valence-corrected chi connectivity index (χ1v) is 9.27. The summed E-state index contributed by atoms with van der Waals surface area (Å²) < 4.78 is 0. The van der Waals surface area contributed by atoms with Crippen LogP contribution < -0.4 is 16.4 Å². The van der Waals surface area contributed by atoms with Gasteiger partial charge in [0.1, 0.15) is 11.9 Å². The molecule has 0 aromatic heterocycles. The summed E-state index contributed by atoms with van der Waals surface area (Å²) in [6.07, 6.45) is 0.834. The molecule has 28 heavy (non-hydrogen) atoms. The second kappa shape index (κ2) is 8.56. The number of amidine groups is 1. The Bertz CT molecular complexity index is 896. The zero-order valence-corrected chi connectivity index (χ0v) is 15.9. The fourth-order valence-electron chi connectivity index (χ4n) is 3.23. The van der Waals surface area contributed by atoms with Gasteiger partial charge >= 0.3 is 0 Å². The van der Waals surface area contributed by atoms with Gasteiger partial charge in [-0.15, -0.1) is 0 Å². The molecule has 1 atom stereocenters. The number of nitrogens with zero attached hydrogens (tertiary/aromatic N) is 1. The van der Waals surface area contributed by atoms with Crippen molar-refractivity contribution in [3.63, 3.8) is 0 Å². The molecule has 0 fully saturated rings. The summed E-state index contributed by atoms with van der Waals surface area (Å²) in [6.45, 7) is 2.94. The van der Waals surface area contributed by atoms with Crippen molar-refractivity contribution in [3.8, 4) is 0 Å². The Morgan fingerprint density at radius 2 is 1.93 bits per heavy atom. The number of amides is 2. The molecule has 1 aliphatic rings. The topological polar surface area (TPSA) is 111 Å². The molecule has 0 aliphatic carbocycles. The van der Waals surface area contributed by atoms with Gasteiger partial charge in [0.2, 0.25) is 11.8 Å². The van der Waals surface area contributed by atoms with Crippen molar-refractivity contribution in [2.24, 2.45) is 5.73 Å². The van der Waals surface area contributed by atoms with Crippen LogP contribution in [0.25, 0.3) is 0 Å². The Labute approximate surface area is 164 Å². The average molecular weight is 379 g/mol. The third kappa shape index (κ3) is 4.68. The summed E-state index contributed by atoms with van der Waals surface area (Å²) in [4.78, 5) is 26.6. The van der Waals surface area contributed by atoms with E-state index in [9.17, 15) is 9.59 Å². The van der Waals surface area contributed by atoms with Crippen LogP contribution in [0.4, 0.5) is 5.69 Å². The summed E-state index contributed by atoms with van der Waals surface area (Å²) in [7, 11) is 0. The number of rotatable bonds is 6. The fraction of sp³-hybridized carbons (Fsp3) is 0.286. The smallest absolute Gasteiger partial charge is 0.242 e. The van der Waals surface area contributed by atoms with Crippen molar-refractivity contribution in [1.82, 2.24) is 10.2 Å². The highest BCUT2D eigenvalue weighted by atomic mass is 16.2. The lowest BCUT2D eigenvalue weighted by Crippen LogP contribution is -2.45. The van der Waals surface area contributed by atoms with Crippen LogP contribution in [0.3, 0.4) is 0 Å². The van der Waals surface area contributed by atoms with Crippen molar-refractivity contribution < 1.29 is 9.59 Å². The number of anilines is 1. The number of benzene rings is 2. The van der Waals surface area contributed by atoms with Crippen LogP contribution >= 0.6 is 0 Å². The maximum Gasteiger partial charge on any atom is 0.242 e. The van der Waals surface area contributed by atoms with Gasteiger partial charge in [0, 0.05) is 24.3 Å². The number of fused-ring (bicyclic) bond motifs is 1. The lowest BCUT2D eigenvalue weighted by atomic mass is 10.00. The van der Waals surface area contributed by atoms with Gasteiger partial charge in [0.05, 0.1) is 6.54 Å². The zero-order valence-electron chi connectivity index (χ0n) is 15.9. The summed E-state index contributed by atoms with van der Waals surface area (Å²) in [6, 6.07) is 14.6. The summed E-state index contributed by atoms with van der Waals surface area (Å²) >= 11 is 0. The largest absolute Gasteiger partial charge is 0.384 e. The molecule has 0 spiro atoms. The third-order valence-corrected chi connectivity index (χ3v) is 4.85. The van der Waals surface area contributed by atoms with Crippen molar-refractivity contribution >= 4 is 23.3 Å². The van der Waals surface area contributed by atoms with Crippen LogP contribution in [-0.2, 0) is 22.6 Å². The van der Waals surface area contributed by atoms with Crippen LogP contribution in [0.1, 0.15) is 23.6 Å². The molecule has 5 N–H and O–H groups in total. The monoisotopic (exact) mass is 379 g/mol. The molecule has 7 nitrogen and oxygen atoms in total. The van der Waals surface area contributed by atoms with Crippen LogP contribution in [0.5, 0.6) is 0 Å². The molecule has 1 heterocycles. The first kappa shape index (κ1) is 19.4. The molecule has 7 heteroatoms. The Hall–Kier alpha value is -3.35. The van der Waals surface area contributed by atoms with Gasteiger partial charge in [-0.05, 0) is 36.6 Å². The Morgan fingerprint density at radius 3 is 2.68 bits per heavy atom. The van der Waals surface area contributed by atoms with E-state index in [1.54, 1.807) is 36.1 Å². The van der Waals surface area contributed by atoms with Crippen molar-refractivity contribution in [1.29, 1.82) is 5.41 Å². The van der Waals surface area contributed by atoms with Crippen LogP contribution in [0.15, 0.2) is 48.5 Å². The van der Waals surface area contributed by atoms with Crippen LogP contribution in [0.2, 0.25) is 0 Å². The van der Waals surface area contributed by atoms with Crippen LogP contribution in [-0.4, -0.2) is 41.7 Å². The molecule has 2 aromatic rings. The van der Waals surface area contributed by atoms with Crippen LogP contribution in [0, 0.1) is 5.41 Å². The molecule has 0 saturated heterocycles. The predicted molar refractivity (Wildman–Crippen MR) is 109 cm³/mol. The Balaban J connectivity index is 1.50. The Kier molecular flexibility index (Phi) is 5.93. The van der Waals surface area contributed by atoms with Crippen molar-refractivity contribution in [2.75, 3.05) is 18.4 Å². The highest BCUT2D eigenvalue weighted by Gasteiger charge is 2.21. The number of hydrogen-bond acceptors (Lipinski definition) is 4. The van der Waals surface area contributed by atoms with Crippen molar-refractivity contribution in [2.45, 2.75) is 25.9 Å². The molecule has 0 saturated carbocycles. The standard InChI is InChI=1S/C21H25N5O2/c1-14(25-18-8-4-7-16(11-18)20(22)23)21(28)24-12-19(27)26-10-9-15-5-2-3-6-17(15)13-26/h2-8,11,14,25H,9-10,12-13H2,1H3,(H3,22,23)(H,24,28). The maximum atomic E-state index is 12.5. The number of carbonyl (C=O) groups is 2. The lowest BCUT2D eigenvalue weighted by molar-refractivity contribution is -0.133. The normalized spacial score (nSPS) is 14.0. The molecule has 146 valence electrons. The molecule has 1 unspecified atom stereocenters. The van der Waals surface area contributed by atoms with Gasteiger partial charge in [0.25, 0.3) is 0 Å². The molecular formula is C21H25N5O2. The van der Waals surface area contributed by atoms with E-state index < -0.39 is 6.04 Å². The minimum absolute atomic E-state index is 0.0273. The van der Waals surface area contributed by atoms with Gasteiger partial charge in [-0.1, -0.05) is 36.4 Å². The molecule has 0 bridgehead atoms. The highest BCUT2D eigenvalue weighted by molar-refractivity contribution is 5.96. The second-order valence-corrected chi connectivity index (χ2v) is 6.91. The highest BCUT2D eigenvalue weighted by Crippen LogP contribution is 2.18. The lowest BCUT2D eigenvalue weighted by Gasteiger charge is -2.29. The molecule has 3 rings (SSSR count). The molecule has 2 aromatic carbocycles. The molecular weight excluding hydrogens is 354 g/mol. The Morgan fingerprint density at radius 1 is 1.18 bits per heavy atom. The number of nitrogens with one attached hydrogen (secondary N) is 3. The van der Waals surface area contributed by atoms with Gasteiger partial charge in [-0.3, -0.25) is 15.0 Å². The number of carbonyl (C=O) groups excluding carboxylic acids is 2. The first-order valence-electron chi connectivity index (χ1n) is 9.27. The van der Waals surface area contributed by atoms with Gasteiger partial charge in [-0.2, -0.15) is 0 Å². The van der Waals surface area contributed by atoms with E-state index in [2.05, 4.69) is 16.7 Å². The first-order chi connectivity index (χ1) is 13.4. The average Bonchev–Trinajstić information content (AvgIpc) is 2.71. The van der Waals surface area contributed by atoms with Gasteiger partial charge in [0.15, 0.2) is 0 Å². The van der Waals surface area contributed by atoms with E-state index >= 15 is 0 Å². The maximum absolute atomic E-state index is 12.5. The summed E-state index contributed by atoms with van der Waals surface area (Å²) in [5, 5.41) is 13.2. The third-order valence-electron chi connectivity index (χ3n) is 4.85. The number of nitrogens with two attached hydrogens (primary N) is 1. The second-order valence-electron chi connectivity index (χ2n) is 6.91. The van der Waals surface area contributed by atoms with Crippen molar-refractivity contribution in [3.05, 3.63) is 65.2 Å². The summed E-state index contributed by atoms with van der Waals surface area (Å²) in [5.41, 5.74) is 9.20. The van der Waals surface area contributed by atoms with E-state index in [0.717, 1.165) is 12.0 Å². The van der Waals surface area contributed by atoms with Gasteiger partial charge in [-0.25, -0.2) is 0 Å². The number of nitrogen functional groups attached to an aromatic ring is 1. The molecule has 0 radical (unpaired) electrons. The summed E-state index contributed by atoms with van der Waals surface area (Å²) in [5.74, 6) is -0.387. The minimum Gasteiger partial charge on any atom is -0.384 e. The van der Waals surface area contributed by atoms with E-state index in [1.807, 2.05) is 18.2 Å². The molecule has 1 aliphatic heterocycles. The quantitative estimate of drug-likeness (QED) is 0.450. The number of hydrogen-bond donors (Lipinski definition) is 4. The SMILES string of the molecule is CC(Nc1cccc(C(=N)N)c1)C(=O)NCC(=O)N1CCc2ccccc2C1. The van der Waals surface area contributed by atoms with Gasteiger partial charge < -0.3 is 21.3 Å². The molecule has 2 amide bonds. The van der Waals surface area contributed by atoms with E-state index in [1.165, 1.54) is 5.56 Å². The van der Waals surface area contributed by atoms with E-state index in [-0.39, 0.29) is 24.2 Å². The van der Waals surface area contributed by atoms with E-state index in [0.29, 0.717) is 24.3 Å². The fourth-order valence-corrected chi connectivity index (χ4v) is 3.23. The zero-order chi connectivity index (χ0) is 20.1. The van der Waals surface area contributed by atoms with E-state index in [4.69, 9.17) is 11.1 Å².